The Labute approximate surface area is 201 Å². The zero-order chi connectivity index (χ0) is 23.5. The van der Waals surface area contributed by atoms with Crippen LogP contribution in [-0.2, 0) is 6.54 Å². The van der Waals surface area contributed by atoms with E-state index in [1.807, 2.05) is 30.3 Å². The van der Waals surface area contributed by atoms with Gasteiger partial charge in [0.15, 0.2) is 11.5 Å². The van der Waals surface area contributed by atoms with Crippen molar-refractivity contribution in [2.75, 3.05) is 18.4 Å². The number of benzene rings is 1. The number of nitrogens with zero attached hydrogens (tertiary/aromatic N) is 5. The molecule has 1 aliphatic rings. The lowest BCUT2D eigenvalue weighted by Gasteiger charge is -2.23. The Kier molecular flexibility index (Phi) is 6.29. The minimum Gasteiger partial charge on any atom is -0.473 e. The van der Waals surface area contributed by atoms with Gasteiger partial charge in [-0.2, -0.15) is 9.97 Å². The second kappa shape index (κ2) is 9.66. The summed E-state index contributed by atoms with van der Waals surface area (Å²) < 4.78 is 9.31. The molecular weight excluding hydrogens is 454 g/mol. The van der Waals surface area contributed by atoms with E-state index in [0.717, 1.165) is 31.6 Å². The first-order valence-corrected chi connectivity index (χ1v) is 11.5. The van der Waals surface area contributed by atoms with Gasteiger partial charge in [-0.3, -0.25) is 4.79 Å². The van der Waals surface area contributed by atoms with E-state index >= 15 is 0 Å². The number of hydrogen-bond donors (Lipinski definition) is 2. The number of pyridine rings is 1. The topological polar surface area (TPSA) is 98.9 Å². The summed E-state index contributed by atoms with van der Waals surface area (Å²) in [6, 6.07) is 12.7. The van der Waals surface area contributed by atoms with E-state index in [4.69, 9.17) is 21.3 Å². The molecule has 0 spiro atoms. The van der Waals surface area contributed by atoms with E-state index in [2.05, 4.69) is 27.2 Å². The standard InChI is InChI=1S/C24H24ClN7O2/c1-2-13-31-23(33)19-15-27-24(28-17-10-8-16(25)9-11-17)30-22(19)32(31)20-6-3-7-21(29-20)34-18-5-4-12-26-14-18/h2-3,6-11,15,18,26H,1,4-5,12-14H2,(H,27,28,30)/t18-/m1/s1. The smallest absolute Gasteiger partial charge is 0.278 e. The second-order valence-corrected chi connectivity index (χ2v) is 8.41. The van der Waals surface area contributed by atoms with Gasteiger partial charge in [0.25, 0.3) is 5.56 Å². The Balaban J connectivity index is 1.56. The molecule has 1 fully saturated rings. The van der Waals surface area contributed by atoms with E-state index < -0.39 is 0 Å². The fourth-order valence-electron chi connectivity index (χ4n) is 3.95. The van der Waals surface area contributed by atoms with Crippen LogP contribution in [-0.4, -0.2) is 43.5 Å². The highest BCUT2D eigenvalue weighted by molar-refractivity contribution is 6.30. The highest BCUT2D eigenvalue weighted by Crippen LogP contribution is 2.21. The minimum absolute atomic E-state index is 0.0609. The van der Waals surface area contributed by atoms with Gasteiger partial charge in [0.2, 0.25) is 11.8 Å². The SMILES string of the molecule is C=CCn1c(=O)c2cnc(Nc3ccc(Cl)cc3)nc2n1-c1cccc(O[C@@H]2CCCNC2)n1. The summed E-state index contributed by atoms with van der Waals surface area (Å²) >= 11 is 5.98. The van der Waals surface area contributed by atoms with Crippen LogP contribution in [0, 0.1) is 0 Å². The van der Waals surface area contributed by atoms with Crippen LogP contribution in [0.4, 0.5) is 11.6 Å². The van der Waals surface area contributed by atoms with E-state index in [0.29, 0.717) is 33.7 Å². The predicted octanol–water partition coefficient (Wildman–Crippen LogP) is 3.69. The zero-order valence-corrected chi connectivity index (χ0v) is 19.2. The molecule has 0 saturated carbocycles. The van der Waals surface area contributed by atoms with Crippen LogP contribution in [0.15, 0.2) is 66.1 Å². The summed E-state index contributed by atoms with van der Waals surface area (Å²) in [6.45, 7) is 5.87. The molecule has 1 atom stereocenters. The fraction of sp³-hybridized carbons (Fsp3) is 0.250. The maximum atomic E-state index is 13.1. The molecule has 9 nitrogen and oxygen atoms in total. The van der Waals surface area contributed by atoms with Gasteiger partial charge in [-0.05, 0) is 49.7 Å². The molecular formula is C24H24ClN7O2. The highest BCUT2D eigenvalue weighted by atomic mass is 35.5. The quantitative estimate of drug-likeness (QED) is 0.391. The molecule has 0 bridgehead atoms. The van der Waals surface area contributed by atoms with E-state index in [1.54, 1.807) is 22.9 Å². The van der Waals surface area contributed by atoms with Gasteiger partial charge in [0.05, 0.1) is 6.54 Å². The zero-order valence-electron chi connectivity index (χ0n) is 18.4. The van der Waals surface area contributed by atoms with E-state index in [1.165, 1.54) is 10.9 Å². The molecule has 3 aromatic heterocycles. The van der Waals surface area contributed by atoms with Gasteiger partial charge >= 0.3 is 0 Å². The Morgan fingerprint density at radius 2 is 2.09 bits per heavy atom. The summed E-state index contributed by atoms with van der Waals surface area (Å²) in [5.74, 6) is 1.37. The van der Waals surface area contributed by atoms with Crippen molar-refractivity contribution in [2.45, 2.75) is 25.5 Å². The molecule has 174 valence electrons. The van der Waals surface area contributed by atoms with Crippen molar-refractivity contribution in [1.82, 2.24) is 29.6 Å². The van der Waals surface area contributed by atoms with E-state index in [-0.39, 0.29) is 18.2 Å². The summed E-state index contributed by atoms with van der Waals surface area (Å²) in [6.07, 6.45) is 5.27. The van der Waals surface area contributed by atoms with Crippen molar-refractivity contribution < 1.29 is 4.74 Å². The second-order valence-electron chi connectivity index (χ2n) is 7.97. The van der Waals surface area contributed by atoms with Crippen LogP contribution in [0.1, 0.15) is 12.8 Å². The molecule has 5 rings (SSSR count). The molecule has 0 radical (unpaired) electrons. The Morgan fingerprint density at radius 1 is 1.24 bits per heavy atom. The lowest BCUT2D eigenvalue weighted by Crippen LogP contribution is -2.37. The molecule has 1 saturated heterocycles. The van der Waals surface area contributed by atoms with Crippen LogP contribution in [0.3, 0.4) is 0 Å². The van der Waals surface area contributed by atoms with Crippen molar-refractivity contribution in [3.05, 3.63) is 76.7 Å². The molecule has 0 aliphatic carbocycles. The number of hydrogen-bond acceptors (Lipinski definition) is 7. The van der Waals surface area contributed by atoms with Crippen molar-refractivity contribution in [3.8, 4) is 11.7 Å². The Morgan fingerprint density at radius 3 is 2.85 bits per heavy atom. The summed E-state index contributed by atoms with van der Waals surface area (Å²) in [4.78, 5) is 26.8. The van der Waals surface area contributed by atoms with Crippen molar-refractivity contribution >= 4 is 34.3 Å². The van der Waals surface area contributed by atoms with Crippen molar-refractivity contribution in [1.29, 1.82) is 0 Å². The fourth-order valence-corrected chi connectivity index (χ4v) is 4.08. The number of ether oxygens (including phenoxy) is 1. The molecule has 10 heteroatoms. The molecule has 0 unspecified atom stereocenters. The minimum atomic E-state index is -0.224. The number of fused-ring (bicyclic) bond motifs is 1. The lowest BCUT2D eigenvalue weighted by molar-refractivity contribution is 0.160. The monoisotopic (exact) mass is 477 g/mol. The molecule has 2 N–H and O–H groups in total. The number of piperidine rings is 1. The summed E-state index contributed by atoms with van der Waals surface area (Å²) in [5, 5.41) is 7.50. The predicted molar refractivity (Wildman–Crippen MR) is 132 cm³/mol. The highest BCUT2D eigenvalue weighted by Gasteiger charge is 2.19. The number of halogens is 1. The lowest BCUT2D eigenvalue weighted by atomic mass is 10.1. The maximum absolute atomic E-state index is 13.1. The Hall–Kier alpha value is -3.69. The van der Waals surface area contributed by atoms with Crippen molar-refractivity contribution in [2.24, 2.45) is 0 Å². The number of anilines is 2. The first kappa shape index (κ1) is 22.1. The average Bonchev–Trinajstić information content (AvgIpc) is 3.12. The first-order valence-electron chi connectivity index (χ1n) is 11.1. The number of nitrogens with one attached hydrogen (secondary N) is 2. The molecule has 1 aromatic carbocycles. The Bertz CT molecular complexity index is 1370. The third kappa shape index (κ3) is 4.52. The van der Waals surface area contributed by atoms with Gasteiger partial charge in [0.1, 0.15) is 11.5 Å². The van der Waals surface area contributed by atoms with Crippen molar-refractivity contribution in [3.63, 3.8) is 0 Å². The normalized spacial score (nSPS) is 15.9. The van der Waals surface area contributed by atoms with Gasteiger partial charge in [0, 0.05) is 29.5 Å². The summed E-state index contributed by atoms with van der Waals surface area (Å²) in [5.41, 5.74) is 0.984. The first-order chi connectivity index (χ1) is 16.6. The average molecular weight is 478 g/mol. The maximum Gasteiger partial charge on any atom is 0.278 e. The van der Waals surface area contributed by atoms with Crippen LogP contribution in [0.25, 0.3) is 16.9 Å². The van der Waals surface area contributed by atoms with Gasteiger partial charge in [-0.15, -0.1) is 6.58 Å². The van der Waals surface area contributed by atoms with Crippen LogP contribution < -0.4 is 20.9 Å². The van der Waals surface area contributed by atoms with E-state index in [9.17, 15) is 4.79 Å². The number of rotatable bonds is 7. The van der Waals surface area contributed by atoms with Crippen LogP contribution in [0.5, 0.6) is 5.88 Å². The molecule has 0 amide bonds. The largest absolute Gasteiger partial charge is 0.473 e. The van der Waals surface area contributed by atoms with Crippen LogP contribution >= 0.6 is 11.6 Å². The third-order valence-corrected chi connectivity index (χ3v) is 5.79. The van der Waals surface area contributed by atoms with Gasteiger partial charge < -0.3 is 15.4 Å². The molecule has 1 aliphatic heterocycles. The van der Waals surface area contributed by atoms with Gasteiger partial charge in [-0.1, -0.05) is 23.7 Å². The van der Waals surface area contributed by atoms with Crippen LogP contribution in [0.2, 0.25) is 5.02 Å². The summed E-state index contributed by atoms with van der Waals surface area (Å²) in [7, 11) is 0. The third-order valence-electron chi connectivity index (χ3n) is 5.54. The molecule has 34 heavy (non-hydrogen) atoms. The molecule has 4 aromatic rings. The number of allylic oxidation sites excluding steroid dienone is 1. The van der Waals surface area contributed by atoms with Gasteiger partial charge in [-0.25, -0.2) is 14.3 Å². The molecule has 4 heterocycles. The number of aromatic nitrogens is 5.